The Balaban J connectivity index is 3.28. The van der Waals surface area contributed by atoms with Crippen molar-refractivity contribution >= 4 is 28.6 Å². The highest BCUT2D eigenvalue weighted by atomic mass is 127. The Morgan fingerprint density at radius 2 is 2.23 bits per heavy atom. The number of carbonyl (C=O) groups is 1. The summed E-state index contributed by atoms with van der Waals surface area (Å²) in [7, 11) is 0. The quantitative estimate of drug-likeness (QED) is 0.852. The van der Waals surface area contributed by atoms with Gasteiger partial charge in [0.25, 0.3) is 0 Å². The van der Waals surface area contributed by atoms with Crippen LogP contribution < -0.4 is 0 Å². The molecule has 13 heavy (non-hydrogen) atoms. The number of hydrogen-bond acceptors (Lipinski definition) is 1. The number of benzene rings is 1. The van der Waals surface area contributed by atoms with Gasteiger partial charge in [0.05, 0.1) is 5.56 Å². The van der Waals surface area contributed by atoms with E-state index in [0.29, 0.717) is 6.42 Å². The predicted molar refractivity (Wildman–Crippen MR) is 55.5 cm³/mol. The molecule has 0 saturated heterocycles. The van der Waals surface area contributed by atoms with Crippen LogP contribution in [0.5, 0.6) is 0 Å². The molecule has 0 heterocycles. The van der Waals surface area contributed by atoms with Crippen molar-refractivity contribution in [3.8, 4) is 0 Å². The summed E-state index contributed by atoms with van der Waals surface area (Å²) in [5, 5.41) is 8.61. The molecule has 1 rings (SSSR count). The lowest BCUT2D eigenvalue weighted by atomic mass is 10.1. The molecule has 0 fully saturated rings. The summed E-state index contributed by atoms with van der Waals surface area (Å²) in [6.07, 6.45) is 0.703. The monoisotopic (exact) mass is 294 g/mol. The van der Waals surface area contributed by atoms with Gasteiger partial charge in [-0.3, -0.25) is 0 Å². The SMILES string of the molecule is CCc1cc(F)c(C(=O)O)cc1I. The first kappa shape index (κ1) is 10.4. The molecule has 0 spiro atoms. The van der Waals surface area contributed by atoms with Gasteiger partial charge in [-0.25, -0.2) is 9.18 Å². The number of hydrogen-bond donors (Lipinski definition) is 1. The maximum atomic E-state index is 13.1. The Labute approximate surface area is 88.9 Å². The highest BCUT2D eigenvalue weighted by Gasteiger charge is 2.12. The van der Waals surface area contributed by atoms with Crippen LogP contribution in [0.1, 0.15) is 22.8 Å². The average molecular weight is 294 g/mol. The minimum atomic E-state index is -1.22. The summed E-state index contributed by atoms with van der Waals surface area (Å²) in [5.74, 6) is -1.89. The summed E-state index contributed by atoms with van der Waals surface area (Å²) in [5.41, 5.74) is 0.574. The fraction of sp³-hybridized carbons (Fsp3) is 0.222. The number of aromatic carboxylic acids is 1. The zero-order chi connectivity index (χ0) is 10.0. The van der Waals surface area contributed by atoms with Gasteiger partial charge in [0, 0.05) is 3.57 Å². The summed E-state index contributed by atoms with van der Waals surface area (Å²) < 4.78 is 13.9. The van der Waals surface area contributed by atoms with Gasteiger partial charge in [0.2, 0.25) is 0 Å². The second-order valence-corrected chi connectivity index (χ2v) is 3.74. The minimum Gasteiger partial charge on any atom is -0.478 e. The van der Waals surface area contributed by atoms with E-state index in [4.69, 9.17) is 5.11 Å². The standard InChI is InChI=1S/C9H8FIO2/c1-2-5-3-7(10)6(9(12)13)4-8(5)11/h3-4H,2H2,1H3,(H,12,13). The van der Waals surface area contributed by atoms with Crippen LogP contribution in [-0.2, 0) is 6.42 Å². The maximum Gasteiger partial charge on any atom is 0.338 e. The van der Waals surface area contributed by atoms with Gasteiger partial charge in [0.15, 0.2) is 0 Å². The second kappa shape index (κ2) is 4.04. The third kappa shape index (κ3) is 2.18. The van der Waals surface area contributed by atoms with Crippen LogP contribution in [0, 0.1) is 9.39 Å². The molecule has 0 aliphatic heterocycles. The molecule has 0 bridgehead atoms. The molecule has 0 aliphatic rings. The molecule has 1 N–H and O–H groups in total. The third-order valence-corrected chi connectivity index (χ3v) is 2.75. The molecule has 1 aromatic carbocycles. The lowest BCUT2D eigenvalue weighted by molar-refractivity contribution is 0.0692. The van der Waals surface area contributed by atoms with Crippen LogP contribution in [0.3, 0.4) is 0 Å². The fourth-order valence-corrected chi connectivity index (χ4v) is 1.87. The number of aryl methyl sites for hydroxylation is 1. The molecule has 0 aromatic heterocycles. The summed E-state index contributed by atoms with van der Waals surface area (Å²) in [6.45, 7) is 1.90. The van der Waals surface area contributed by atoms with Crippen molar-refractivity contribution < 1.29 is 14.3 Å². The van der Waals surface area contributed by atoms with E-state index in [-0.39, 0.29) is 5.56 Å². The van der Waals surface area contributed by atoms with E-state index in [9.17, 15) is 9.18 Å². The highest BCUT2D eigenvalue weighted by molar-refractivity contribution is 14.1. The van der Waals surface area contributed by atoms with E-state index in [0.717, 1.165) is 9.13 Å². The first-order chi connectivity index (χ1) is 6.06. The van der Waals surface area contributed by atoms with Crippen LogP contribution >= 0.6 is 22.6 Å². The van der Waals surface area contributed by atoms with Gasteiger partial charge in [-0.1, -0.05) is 6.92 Å². The van der Waals surface area contributed by atoms with Gasteiger partial charge >= 0.3 is 5.97 Å². The molecule has 2 nitrogen and oxygen atoms in total. The largest absolute Gasteiger partial charge is 0.478 e. The molecular weight excluding hydrogens is 286 g/mol. The number of carboxylic acids is 1. The average Bonchev–Trinajstić information content (AvgIpc) is 2.07. The van der Waals surface area contributed by atoms with Crippen molar-refractivity contribution in [3.05, 3.63) is 32.6 Å². The van der Waals surface area contributed by atoms with Gasteiger partial charge in [0.1, 0.15) is 5.82 Å². The molecule has 0 atom stereocenters. The second-order valence-electron chi connectivity index (χ2n) is 2.58. The summed E-state index contributed by atoms with van der Waals surface area (Å²) in [6, 6.07) is 2.64. The first-order valence-electron chi connectivity index (χ1n) is 3.77. The topological polar surface area (TPSA) is 37.3 Å². The van der Waals surface area contributed by atoms with Crippen LogP contribution in [0.2, 0.25) is 0 Å². The van der Waals surface area contributed by atoms with E-state index >= 15 is 0 Å². The molecule has 70 valence electrons. The van der Waals surface area contributed by atoms with Crippen molar-refractivity contribution in [1.82, 2.24) is 0 Å². The number of halogens is 2. The number of carboxylic acid groups (broad SMARTS) is 1. The van der Waals surface area contributed by atoms with E-state index in [1.165, 1.54) is 12.1 Å². The maximum absolute atomic E-state index is 13.1. The first-order valence-corrected chi connectivity index (χ1v) is 4.85. The molecule has 0 aliphatic carbocycles. The zero-order valence-corrected chi connectivity index (χ0v) is 9.13. The predicted octanol–water partition coefficient (Wildman–Crippen LogP) is 2.69. The van der Waals surface area contributed by atoms with Gasteiger partial charge in [-0.05, 0) is 46.7 Å². The van der Waals surface area contributed by atoms with Crippen LogP contribution in [0.15, 0.2) is 12.1 Å². The van der Waals surface area contributed by atoms with Crippen molar-refractivity contribution in [2.45, 2.75) is 13.3 Å². The van der Waals surface area contributed by atoms with Crippen LogP contribution in [-0.4, -0.2) is 11.1 Å². The van der Waals surface area contributed by atoms with Gasteiger partial charge < -0.3 is 5.11 Å². The smallest absolute Gasteiger partial charge is 0.338 e. The zero-order valence-electron chi connectivity index (χ0n) is 6.97. The fourth-order valence-electron chi connectivity index (χ4n) is 1.02. The Hall–Kier alpha value is -0.650. The van der Waals surface area contributed by atoms with Crippen molar-refractivity contribution in [1.29, 1.82) is 0 Å². The van der Waals surface area contributed by atoms with E-state index in [1.807, 2.05) is 29.5 Å². The van der Waals surface area contributed by atoms with Crippen molar-refractivity contribution in [2.24, 2.45) is 0 Å². The molecular formula is C9H8FIO2. The van der Waals surface area contributed by atoms with Crippen LogP contribution in [0.4, 0.5) is 4.39 Å². The molecule has 0 saturated carbocycles. The van der Waals surface area contributed by atoms with E-state index in [2.05, 4.69) is 0 Å². The Bertz CT molecular complexity index is 350. The van der Waals surface area contributed by atoms with Crippen LogP contribution in [0.25, 0.3) is 0 Å². The normalized spacial score (nSPS) is 10.1. The van der Waals surface area contributed by atoms with E-state index in [1.54, 1.807) is 0 Å². The third-order valence-electron chi connectivity index (χ3n) is 1.75. The van der Waals surface area contributed by atoms with E-state index < -0.39 is 11.8 Å². The summed E-state index contributed by atoms with van der Waals surface area (Å²) >= 11 is 2.01. The molecule has 4 heteroatoms. The molecule has 1 aromatic rings. The lowest BCUT2D eigenvalue weighted by Crippen LogP contribution is -2.02. The van der Waals surface area contributed by atoms with Gasteiger partial charge in [-0.2, -0.15) is 0 Å². The minimum absolute atomic E-state index is 0.262. The highest BCUT2D eigenvalue weighted by Crippen LogP contribution is 2.18. The lowest BCUT2D eigenvalue weighted by Gasteiger charge is -2.03. The van der Waals surface area contributed by atoms with Crippen molar-refractivity contribution in [2.75, 3.05) is 0 Å². The van der Waals surface area contributed by atoms with Gasteiger partial charge in [-0.15, -0.1) is 0 Å². The Morgan fingerprint density at radius 1 is 1.62 bits per heavy atom. The number of rotatable bonds is 2. The summed E-state index contributed by atoms with van der Waals surface area (Å²) in [4.78, 5) is 10.5. The molecule has 0 radical (unpaired) electrons. The Morgan fingerprint density at radius 3 is 2.69 bits per heavy atom. The molecule has 0 amide bonds. The van der Waals surface area contributed by atoms with Crippen molar-refractivity contribution in [3.63, 3.8) is 0 Å². The molecule has 0 unspecified atom stereocenters. The Kier molecular flexibility index (Phi) is 3.24.